The molecule has 0 N–H and O–H groups in total. The molecule has 4 radical (unpaired) electrons. The molecule has 131 heavy (non-hydrogen) atoms. The van der Waals surface area contributed by atoms with E-state index in [9.17, 15) is 0 Å². The summed E-state index contributed by atoms with van der Waals surface area (Å²) in [6.45, 7) is -2.26. The Morgan fingerprint density at radius 3 is 0.626 bits per heavy atom. The van der Waals surface area contributed by atoms with E-state index in [4.69, 9.17) is 16.4 Å². The Bertz CT molecular complexity index is 6390. The van der Waals surface area contributed by atoms with E-state index in [0.717, 1.165) is 152 Å². The van der Waals surface area contributed by atoms with Gasteiger partial charge >= 0.3 is 0 Å². The fraction of sp³-hybridized carbons (Fsp3) is 0.0609. The topological polar surface area (TPSA) is 155 Å². The standard InChI is InChI=1S/3C17H13N2.C16H11N2.4C12H10N.4Ir/c1-13-8-9-17(19-12-13)15-6-4-5-14(11-15)16-7-2-3-10-18-16;2*1-13-7-8-16(19-12-13)15-9-10-18-17(11-15)14-5-3-2-4-6-14;1-3-10-17-15(8-1)13-6-5-7-14(12-13)16-9-2-4-11-18-16;4*1-10-7-8-12(13-9-10)11-5-3-2-4-6-11;;;;/h3*2-5,7-12H,1H3;1-6,8-12H;4*2-5,7-9H,1H3;;;;/q8*-1;;;;/i;;;;4*1D3;;;;. The van der Waals surface area contributed by atoms with Gasteiger partial charge in [-0.05, 0) is 198 Å². The first-order valence-electron chi connectivity index (χ1n) is 46.4. The average molecular weight is 2420 g/mol. The minimum Gasteiger partial charge on any atom is -0.305 e. The van der Waals surface area contributed by atoms with Crippen LogP contribution in [0.1, 0.15) is 55.4 Å². The van der Waals surface area contributed by atoms with Crippen molar-refractivity contribution in [1.29, 1.82) is 0 Å². The second-order valence-corrected chi connectivity index (χ2v) is 28.0. The van der Waals surface area contributed by atoms with Crippen LogP contribution in [0.3, 0.4) is 0 Å². The van der Waals surface area contributed by atoms with E-state index in [-0.39, 0.29) is 103 Å². The van der Waals surface area contributed by atoms with E-state index < -0.39 is 27.4 Å². The molecule has 0 aliphatic carbocycles. The molecular formula is C115H90Ir4N12-8. The molecule has 0 fully saturated rings. The molecule has 8 aromatic carbocycles. The fourth-order valence-corrected chi connectivity index (χ4v) is 12.0. The quantitative estimate of drug-likeness (QED) is 0.107. The van der Waals surface area contributed by atoms with Gasteiger partial charge in [-0.3, -0.25) is 19.9 Å². The molecule has 16 heteroatoms. The molecule has 0 bridgehead atoms. The van der Waals surface area contributed by atoms with E-state index >= 15 is 0 Å². The van der Waals surface area contributed by atoms with Crippen molar-refractivity contribution in [3.8, 4) is 135 Å². The third-order valence-electron chi connectivity index (χ3n) is 18.6. The first-order chi connectivity index (χ1) is 67.2. The van der Waals surface area contributed by atoms with Crippen LogP contribution in [-0.2, 0) is 80.4 Å². The molecule has 20 aromatic rings. The molecule has 12 aromatic heterocycles. The molecule has 0 aliphatic heterocycles. The second kappa shape index (κ2) is 54.5. The van der Waals surface area contributed by atoms with Crippen molar-refractivity contribution in [2.45, 2.75) is 48.2 Å². The van der Waals surface area contributed by atoms with Crippen molar-refractivity contribution < 1.29 is 96.9 Å². The normalized spacial score (nSPS) is 11.6. The number of pyridine rings is 12. The number of rotatable bonds is 12. The average Bonchev–Trinajstić information content (AvgIpc) is 0.813. The van der Waals surface area contributed by atoms with Crippen LogP contribution >= 0.6 is 0 Å². The fourth-order valence-electron chi connectivity index (χ4n) is 12.0. The molecule has 20 rings (SSSR count). The van der Waals surface area contributed by atoms with Crippen LogP contribution in [0.4, 0.5) is 0 Å². The molecule has 0 unspecified atom stereocenters. The van der Waals surface area contributed by atoms with Gasteiger partial charge in [0.15, 0.2) is 0 Å². The van der Waals surface area contributed by atoms with Gasteiger partial charge in [0, 0.05) is 171 Å². The molecule has 0 saturated heterocycles. The largest absolute Gasteiger partial charge is 0.305 e. The Morgan fingerprint density at radius 2 is 0.382 bits per heavy atom. The predicted octanol–water partition coefficient (Wildman–Crippen LogP) is 26.8. The summed E-state index contributed by atoms with van der Waals surface area (Å²) < 4.78 is 86.8. The van der Waals surface area contributed by atoms with Crippen LogP contribution < -0.4 is 0 Å². The number of aromatic nitrogens is 12. The van der Waals surface area contributed by atoms with Gasteiger partial charge in [0.2, 0.25) is 0 Å². The summed E-state index contributed by atoms with van der Waals surface area (Å²) in [5.74, 6) is 0. The van der Waals surface area contributed by atoms with Gasteiger partial charge in [-0.25, -0.2) is 0 Å². The summed E-state index contributed by atoms with van der Waals surface area (Å²) in [6, 6.07) is 134. The van der Waals surface area contributed by atoms with Crippen molar-refractivity contribution in [1.82, 2.24) is 59.8 Å². The molecule has 0 aliphatic rings. The molecule has 0 atom stereocenters. The number of aryl methyl sites for hydroxylation is 7. The summed E-state index contributed by atoms with van der Waals surface area (Å²) in [4.78, 5) is 51.7. The molecule has 12 heterocycles. The molecule has 0 amide bonds. The third kappa shape index (κ3) is 32.4. The van der Waals surface area contributed by atoms with Crippen molar-refractivity contribution >= 4 is 0 Å². The van der Waals surface area contributed by atoms with Gasteiger partial charge < -0.3 is 39.9 Å². The zero-order chi connectivity index (χ0) is 97.8. The Morgan fingerprint density at radius 1 is 0.168 bits per heavy atom. The van der Waals surface area contributed by atoms with Crippen molar-refractivity contribution in [3.63, 3.8) is 0 Å². The maximum Gasteiger partial charge on any atom is 0.0695 e. The van der Waals surface area contributed by atoms with Crippen LogP contribution in [-0.4, -0.2) is 59.8 Å². The smallest absolute Gasteiger partial charge is 0.0695 e. The molecule has 0 saturated carbocycles. The minimum absolute atomic E-state index is 0. The maximum absolute atomic E-state index is 7.23. The van der Waals surface area contributed by atoms with E-state index in [1.165, 1.54) is 24.8 Å². The van der Waals surface area contributed by atoms with E-state index in [1.807, 2.05) is 294 Å². The molecular weight excluding hydrogens is 2320 g/mol. The van der Waals surface area contributed by atoms with E-state index in [2.05, 4.69) is 139 Å². The zero-order valence-corrected chi connectivity index (χ0v) is 80.6. The van der Waals surface area contributed by atoms with E-state index in [0.29, 0.717) is 0 Å². The summed E-state index contributed by atoms with van der Waals surface area (Å²) in [6.07, 6.45) is 20.2. The number of nitrogens with zero attached hydrogens (tertiary/aromatic N) is 12. The van der Waals surface area contributed by atoms with Gasteiger partial charge in [0.25, 0.3) is 0 Å². The summed E-state index contributed by atoms with van der Waals surface area (Å²) in [7, 11) is 0. The van der Waals surface area contributed by atoms with Crippen molar-refractivity contribution in [2.75, 3.05) is 0 Å². The molecule has 12 nitrogen and oxygen atoms in total. The number of hydrogen-bond acceptors (Lipinski definition) is 12. The summed E-state index contributed by atoms with van der Waals surface area (Å²) >= 11 is 0. The second-order valence-electron chi connectivity index (χ2n) is 28.0. The van der Waals surface area contributed by atoms with Crippen LogP contribution in [0, 0.1) is 96.7 Å². The maximum atomic E-state index is 7.23. The van der Waals surface area contributed by atoms with Crippen LogP contribution in [0.25, 0.3) is 135 Å². The Labute approximate surface area is 841 Å². The SMILES string of the molecule is Cc1ccc(-c2[c-]ccc(-c3ccccn3)c2)nc1.Cc1ccc(-c2ccnc(-c3[c-]cccc3)c2)nc1.Cc1ccc(-c2ccnc(-c3[c-]cccc3)c2)nc1.[2H]C([2H])([2H])c1ccc(-c2[c-]cccc2)nc1.[2H]C([2H])([2H])c1ccc(-c2[c-]cccc2)nc1.[2H]C([2H])([2H])c1ccc(-c2[c-]cccc2)nc1.[2H]C([2H])([2H])c1ccc(-c2[c-]cccc2)nc1.[Ir].[Ir].[Ir].[Ir].[c-]1ccc(-c2ccccn2)cc1-c1ccccn1. The Kier molecular flexibility index (Phi) is 34.9. The first kappa shape index (κ1) is 84.0. The van der Waals surface area contributed by atoms with Crippen molar-refractivity contribution in [3.05, 3.63) is 508 Å². The predicted molar refractivity (Wildman–Crippen MR) is 514 cm³/mol. The summed E-state index contributed by atoms with van der Waals surface area (Å²) in [5, 5.41) is 0. The summed E-state index contributed by atoms with van der Waals surface area (Å²) in [5.41, 5.74) is 26.7. The monoisotopic (exact) mass is 2420 g/mol. The van der Waals surface area contributed by atoms with Crippen LogP contribution in [0.5, 0.6) is 0 Å². The van der Waals surface area contributed by atoms with E-state index in [1.54, 1.807) is 91.4 Å². The number of hydrogen-bond donors (Lipinski definition) is 0. The zero-order valence-electron chi connectivity index (χ0n) is 83.0. The number of benzene rings is 8. The van der Waals surface area contributed by atoms with Gasteiger partial charge in [-0.1, -0.05) is 120 Å². The third-order valence-corrected chi connectivity index (χ3v) is 18.6. The van der Waals surface area contributed by atoms with Gasteiger partial charge in [0.1, 0.15) is 0 Å². The molecule has 0 spiro atoms. The Balaban J connectivity index is 0.000000182. The van der Waals surface area contributed by atoms with Crippen LogP contribution in [0.15, 0.2) is 420 Å². The van der Waals surface area contributed by atoms with Gasteiger partial charge in [0.05, 0.1) is 22.8 Å². The first-order valence-corrected chi connectivity index (χ1v) is 40.4. The van der Waals surface area contributed by atoms with Crippen molar-refractivity contribution in [2.24, 2.45) is 0 Å². The van der Waals surface area contributed by atoms with Crippen LogP contribution in [0.2, 0.25) is 0 Å². The van der Waals surface area contributed by atoms with Gasteiger partial charge in [-0.15, -0.1) is 275 Å². The van der Waals surface area contributed by atoms with Gasteiger partial charge in [-0.2, -0.15) is 0 Å². The minimum atomic E-state index is -2.09. The molecule has 654 valence electrons. The Hall–Kier alpha value is -13.8.